The molecule has 1 spiro atoms. The number of benzene rings is 1. The smallest absolute Gasteiger partial charge is 0.251 e. The molecule has 1 aromatic carbocycles. The zero-order valence-electron chi connectivity index (χ0n) is 18.7. The van der Waals surface area contributed by atoms with Gasteiger partial charge in [-0.2, -0.15) is 4.39 Å². The van der Waals surface area contributed by atoms with E-state index in [0.717, 1.165) is 0 Å². The number of pyridine rings is 2. The maximum atomic E-state index is 14.5. The number of piperidine rings is 1. The fraction of sp³-hybridized carbons (Fsp3) is 0.320. The van der Waals surface area contributed by atoms with Crippen LogP contribution in [0.4, 0.5) is 18.9 Å². The number of anilines is 1. The van der Waals surface area contributed by atoms with Crippen molar-refractivity contribution in [3.63, 3.8) is 0 Å². The van der Waals surface area contributed by atoms with E-state index in [-0.39, 0.29) is 39.1 Å². The first-order valence-electron chi connectivity index (χ1n) is 11.3. The first-order valence-corrected chi connectivity index (χ1v) is 11.3. The molecule has 1 saturated heterocycles. The summed E-state index contributed by atoms with van der Waals surface area (Å²) in [5.41, 5.74) is 7.96. The van der Waals surface area contributed by atoms with E-state index < -0.39 is 17.4 Å². The number of alkyl halides is 2. The summed E-state index contributed by atoms with van der Waals surface area (Å²) in [6.07, 6.45) is 2.57. The molecule has 0 unspecified atom stereocenters. The minimum absolute atomic E-state index is 0.166. The molecule has 3 aliphatic heterocycles. The van der Waals surface area contributed by atoms with Crippen LogP contribution in [-0.4, -0.2) is 48.0 Å². The molecule has 2 aromatic heterocycles. The van der Waals surface area contributed by atoms with E-state index in [1.165, 1.54) is 6.20 Å². The normalized spacial score (nSPS) is 22.7. The summed E-state index contributed by atoms with van der Waals surface area (Å²) in [7, 11) is 0. The van der Waals surface area contributed by atoms with Crippen LogP contribution in [0.1, 0.15) is 24.0 Å². The summed E-state index contributed by atoms with van der Waals surface area (Å²) >= 11 is 0. The fourth-order valence-electron chi connectivity index (χ4n) is 4.93. The molecule has 1 atom stereocenters. The number of hydrogen-bond donors (Lipinski definition) is 1. The monoisotopic (exact) mass is 481 g/mol. The highest BCUT2D eigenvalue weighted by molar-refractivity contribution is 5.84. The molecule has 3 aliphatic rings. The van der Waals surface area contributed by atoms with Crippen molar-refractivity contribution in [2.75, 3.05) is 31.2 Å². The second kappa shape index (κ2) is 7.94. The number of ether oxygens (including phenoxy) is 2. The number of hydrogen-bond acceptors (Lipinski definition) is 7. The molecule has 0 aliphatic carbocycles. The molecule has 7 nitrogen and oxygen atoms in total. The number of rotatable bonds is 2. The largest absolute Gasteiger partial charge is 0.438 e. The van der Waals surface area contributed by atoms with E-state index in [4.69, 9.17) is 20.2 Å². The Hall–Kier alpha value is -3.66. The lowest BCUT2D eigenvalue weighted by atomic mass is 9.80. The Balaban J connectivity index is 1.49. The molecular formula is C25H22F3N5O2. The van der Waals surface area contributed by atoms with Crippen LogP contribution < -0.4 is 15.4 Å². The highest BCUT2D eigenvalue weighted by Crippen LogP contribution is 2.51. The lowest BCUT2D eigenvalue weighted by Gasteiger charge is -2.40. The molecular weight excluding hydrogens is 459 g/mol. The van der Waals surface area contributed by atoms with Crippen LogP contribution in [0.25, 0.3) is 11.1 Å². The van der Waals surface area contributed by atoms with Crippen molar-refractivity contribution >= 4 is 11.5 Å². The fourth-order valence-corrected chi connectivity index (χ4v) is 4.93. The third-order valence-electron chi connectivity index (χ3n) is 6.74. The van der Waals surface area contributed by atoms with Gasteiger partial charge in [0.05, 0.1) is 24.1 Å². The van der Waals surface area contributed by atoms with Gasteiger partial charge in [-0.3, -0.25) is 4.99 Å². The maximum Gasteiger partial charge on any atom is 0.251 e. The minimum Gasteiger partial charge on any atom is -0.438 e. The molecule has 5 heterocycles. The topological polar surface area (TPSA) is 85.9 Å². The van der Waals surface area contributed by atoms with E-state index in [1.54, 1.807) is 36.5 Å². The molecule has 0 saturated carbocycles. The number of aromatic nitrogens is 2. The Bertz CT molecular complexity index is 1340. The minimum atomic E-state index is -2.66. The van der Waals surface area contributed by atoms with E-state index in [0.29, 0.717) is 45.4 Å². The molecule has 0 radical (unpaired) electrons. The number of nitrogens with zero attached hydrogens (tertiary/aromatic N) is 4. The Morgan fingerprint density at radius 1 is 1.03 bits per heavy atom. The number of amidine groups is 1. The summed E-state index contributed by atoms with van der Waals surface area (Å²) in [4.78, 5) is 15.0. The maximum absolute atomic E-state index is 14.5. The van der Waals surface area contributed by atoms with Crippen molar-refractivity contribution in [1.29, 1.82) is 0 Å². The van der Waals surface area contributed by atoms with Gasteiger partial charge in [0.15, 0.2) is 0 Å². The lowest BCUT2D eigenvalue weighted by Crippen LogP contribution is -2.43. The quantitative estimate of drug-likeness (QED) is 0.551. The van der Waals surface area contributed by atoms with Crippen molar-refractivity contribution in [2.24, 2.45) is 10.7 Å². The van der Waals surface area contributed by atoms with Gasteiger partial charge in [0.25, 0.3) is 5.92 Å². The predicted octanol–water partition coefficient (Wildman–Crippen LogP) is 4.25. The lowest BCUT2D eigenvalue weighted by molar-refractivity contribution is -0.0220. The van der Waals surface area contributed by atoms with Gasteiger partial charge in [-0.05, 0) is 35.9 Å². The standard InChI is InChI=1S/C25H22F3N5O2/c26-22-17(2-1-7-30-22)15-3-4-20-18(10-15)25(14-34-13-21(29)32-25)19-11-16(12-31-23(19)35-20)33-8-5-24(27,28)6-9-33/h1-4,7,10-12H,5-6,8-9,13-14H2,(H2,29,32)/t25-/m0/s1. The number of aliphatic imine (C=N–C) groups is 1. The zero-order chi connectivity index (χ0) is 24.2. The van der Waals surface area contributed by atoms with Crippen LogP contribution in [-0.2, 0) is 10.3 Å². The first-order chi connectivity index (χ1) is 16.8. The molecule has 6 rings (SSSR count). The van der Waals surface area contributed by atoms with Crippen LogP contribution in [0.3, 0.4) is 0 Å². The van der Waals surface area contributed by atoms with Crippen LogP contribution >= 0.6 is 0 Å². The van der Waals surface area contributed by atoms with E-state index in [9.17, 15) is 13.2 Å². The van der Waals surface area contributed by atoms with Crippen LogP contribution in [0.5, 0.6) is 11.6 Å². The Labute approximate surface area is 199 Å². The van der Waals surface area contributed by atoms with Crippen molar-refractivity contribution in [3.8, 4) is 22.8 Å². The predicted molar refractivity (Wildman–Crippen MR) is 124 cm³/mol. The van der Waals surface area contributed by atoms with Gasteiger partial charge in [0, 0.05) is 43.3 Å². The van der Waals surface area contributed by atoms with Crippen molar-refractivity contribution in [3.05, 3.63) is 65.9 Å². The number of nitrogens with two attached hydrogens (primary N) is 1. The summed E-state index contributed by atoms with van der Waals surface area (Å²) in [5.74, 6) is -2.10. The van der Waals surface area contributed by atoms with Crippen LogP contribution in [0, 0.1) is 5.95 Å². The number of halogens is 3. The van der Waals surface area contributed by atoms with Gasteiger partial charge in [0.1, 0.15) is 23.7 Å². The van der Waals surface area contributed by atoms with Gasteiger partial charge in [-0.25, -0.2) is 18.7 Å². The summed E-state index contributed by atoms with van der Waals surface area (Å²) < 4.78 is 53.9. The summed E-state index contributed by atoms with van der Waals surface area (Å²) in [6.45, 7) is 0.770. The average molecular weight is 481 g/mol. The Kier molecular flexibility index (Phi) is 4.96. The Morgan fingerprint density at radius 3 is 2.63 bits per heavy atom. The molecule has 0 amide bonds. The average Bonchev–Trinajstić information content (AvgIpc) is 2.85. The molecule has 0 bridgehead atoms. The molecule has 3 aromatic rings. The first kappa shape index (κ1) is 21.8. The van der Waals surface area contributed by atoms with Crippen molar-refractivity contribution < 1.29 is 22.6 Å². The molecule has 10 heteroatoms. The highest BCUT2D eigenvalue weighted by Gasteiger charge is 2.46. The SMILES string of the molecule is NC1=N[C@@]2(COC1)c1cc(-c3cccnc3F)ccc1Oc1ncc(N3CCC(F)(F)CC3)cc12. The van der Waals surface area contributed by atoms with Gasteiger partial charge in [0.2, 0.25) is 11.8 Å². The van der Waals surface area contributed by atoms with Gasteiger partial charge in [-0.1, -0.05) is 6.07 Å². The molecule has 1 fully saturated rings. The zero-order valence-corrected chi connectivity index (χ0v) is 18.7. The third-order valence-corrected chi connectivity index (χ3v) is 6.74. The van der Waals surface area contributed by atoms with E-state index >= 15 is 0 Å². The third kappa shape index (κ3) is 3.68. The van der Waals surface area contributed by atoms with Gasteiger partial charge >= 0.3 is 0 Å². The van der Waals surface area contributed by atoms with Gasteiger partial charge in [-0.15, -0.1) is 0 Å². The van der Waals surface area contributed by atoms with Crippen LogP contribution in [0.2, 0.25) is 0 Å². The molecule has 180 valence electrons. The summed E-state index contributed by atoms with van der Waals surface area (Å²) in [5, 5.41) is 0. The van der Waals surface area contributed by atoms with E-state index in [2.05, 4.69) is 9.97 Å². The van der Waals surface area contributed by atoms with Crippen molar-refractivity contribution in [2.45, 2.75) is 24.3 Å². The molecule has 35 heavy (non-hydrogen) atoms. The second-order valence-corrected chi connectivity index (χ2v) is 9.00. The second-order valence-electron chi connectivity index (χ2n) is 9.00. The van der Waals surface area contributed by atoms with Crippen LogP contribution in [0.15, 0.2) is 53.8 Å². The summed E-state index contributed by atoms with van der Waals surface area (Å²) in [6, 6.07) is 10.5. The van der Waals surface area contributed by atoms with Crippen molar-refractivity contribution in [1.82, 2.24) is 9.97 Å². The van der Waals surface area contributed by atoms with E-state index in [1.807, 2.05) is 11.0 Å². The molecule has 2 N–H and O–H groups in total. The highest BCUT2D eigenvalue weighted by atomic mass is 19.3. The van der Waals surface area contributed by atoms with Gasteiger partial charge < -0.3 is 20.1 Å². The number of fused-ring (bicyclic) bond motifs is 4. The Morgan fingerprint density at radius 2 is 1.86 bits per heavy atom.